The van der Waals surface area contributed by atoms with E-state index in [4.69, 9.17) is 14.7 Å². The summed E-state index contributed by atoms with van der Waals surface area (Å²) in [6, 6.07) is 0. The Morgan fingerprint density at radius 2 is 1.59 bits per heavy atom. The van der Waals surface area contributed by atoms with E-state index in [2.05, 4.69) is 19.8 Å². The third-order valence-corrected chi connectivity index (χ3v) is 5.80. The molecule has 10 heteroatoms. The molecule has 0 bridgehead atoms. The molecule has 1 atom stereocenters. The summed E-state index contributed by atoms with van der Waals surface area (Å²) in [7, 11) is 0. The van der Waals surface area contributed by atoms with Crippen LogP contribution in [0, 0.1) is 0 Å². The number of aromatic nitrogens is 5. The van der Waals surface area contributed by atoms with Crippen LogP contribution in [0.4, 0.5) is 11.9 Å². The molecule has 0 N–H and O–H groups in total. The van der Waals surface area contributed by atoms with Gasteiger partial charge in [0, 0.05) is 58.3 Å². The molecule has 0 saturated carbocycles. The predicted octanol–water partition coefficient (Wildman–Crippen LogP) is 0.485. The lowest BCUT2D eigenvalue weighted by atomic mass is 10.2. The smallest absolute Gasteiger partial charge is 0.251 e. The molecule has 0 aliphatic carbocycles. The standard InChI is InChI=1S/C19H26N8O2/c28-16(15-4-3-13-29-15)24-9-11-26(12-10-24)18-21-17(25-6-1-2-7-25)22-19(23-18)27-8-5-20-14-27/h5,8,14-15H,1-4,6-7,9-13H2/t15-/m0/s1. The van der Waals surface area contributed by atoms with Gasteiger partial charge in [-0.2, -0.15) is 15.0 Å². The Kier molecular flexibility index (Phi) is 5.01. The molecular formula is C19H26N8O2. The van der Waals surface area contributed by atoms with Crippen molar-refractivity contribution in [3.8, 4) is 5.95 Å². The first-order valence-corrected chi connectivity index (χ1v) is 10.4. The molecule has 3 aliphatic heterocycles. The fraction of sp³-hybridized carbons (Fsp3) is 0.632. The number of rotatable bonds is 4. The summed E-state index contributed by atoms with van der Waals surface area (Å²) >= 11 is 0. The average Bonchev–Trinajstić information content (AvgIpc) is 3.55. The fourth-order valence-corrected chi connectivity index (χ4v) is 4.14. The van der Waals surface area contributed by atoms with E-state index >= 15 is 0 Å². The number of carbonyl (C=O) groups excluding carboxylic acids is 1. The van der Waals surface area contributed by atoms with Crippen LogP contribution in [0.15, 0.2) is 18.7 Å². The number of piperazine rings is 1. The summed E-state index contributed by atoms with van der Waals surface area (Å²) in [6.07, 6.45) is 9.12. The Bertz CT molecular complexity index is 838. The minimum Gasteiger partial charge on any atom is -0.368 e. The maximum absolute atomic E-state index is 12.6. The number of hydrogen-bond acceptors (Lipinski definition) is 8. The maximum Gasteiger partial charge on any atom is 0.251 e. The number of imidazole rings is 1. The van der Waals surface area contributed by atoms with Gasteiger partial charge in [0.15, 0.2) is 0 Å². The first kappa shape index (κ1) is 18.3. The fourth-order valence-electron chi connectivity index (χ4n) is 4.14. The van der Waals surface area contributed by atoms with E-state index in [0.717, 1.165) is 38.8 Å². The summed E-state index contributed by atoms with van der Waals surface area (Å²) < 4.78 is 7.36. The van der Waals surface area contributed by atoms with Crippen molar-refractivity contribution in [3.05, 3.63) is 18.7 Å². The molecule has 3 saturated heterocycles. The van der Waals surface area contributed by atoms with Gasteiger partial charge < -0.3 is 19.4 Å². The SMILES string of the molecule is O=C([C@@H]1CCCO1)N1CCN(c2nc(N3CCCC3)nc(-n3ccnc3)n2)CC1. The second-order valence-corrected chi connectivity index (χ2v) is 7.71. The molecule has 3 aliphatic rings. The van der Waals surface area contributed by atoms with Crippen molar-refractivity contribution >= 4 is 17.8 Å². The van der Waals surface area contributed by atoms with Gasteiger partial charge in [-0.25, -0.2) is 4.98 Å². The van der Waals surface area contributed by atoms with E-state index in [9.17, 15) is 4.79 Å². The van der Waals surface area contributed by atoms with Crippen LogP contribution in [0.3, 0.4) is 0 Å². The second-order valence-electron chi connectivity index (χ2n) is 7.71. The van der Waals surface area contributed by atoms with Crippen molar-refractivity contribution in [3.63, 3.8) is 0 Å². The van der Waals surface area contributed by atoms with E-state index < -0.39 is 0 Å². The Labute approximate surface area is 169 Å². The first-order chi connectivity index (χ1) is 14.3. The molecule has 29 heavy (non-hydrogen) atoms. The van der Waals surface area contributed by atoms with Crippen LogP contribution in [0.1, 0.15) is 25.7 Å². The Morgan fingerprint density at radius 1 is 0.897 bits per heavy atom. The lowest BCUT2D eigenvalue weighted by molar-refractivity contribution is -0.141. The third kappa shape index (κ3) is 3.76. The zero-order valence-corrected chi connectivity index (χ0v) is 16.5. The van der Waals surface area contributed by atoms with Crippen LogP contribution >= 0.6 is 0 Å². The van der Waals surface area contributed by atoms with Crippen molar-refractivity contribution in [1.29, 1.82) is 0 Å². The van der Waals surface area contributed by atoms with Crippen LogP contribution < -0.4 is 9.80 Å². The van der Waals surface area contributed by atoms with Crippen LogP contribution in [0.2, 0.25) is 0 Å². The van der Waals surface area contributed by atoms with Gasteiger partial charge in [0.2, 0.25) is 17.8 Å². The van der Waals surface area contributed by atoms with Gasteiger partial charge in [0.25, 0.3) is 5.91 Å². The molecule has 10 nitrogen and oxygen atoms in total. The molecule has 0 spiro atoms. The van der Waals surface area contributed by atoms with Gasteiger partial charge >= 0.3 is 0 Å². The van der Waals surface area contributed by atoms with Gasteiger partial charge in [-0.3, -0.25) is 9.36 Å². The summed E-state index contributed by atoms with van der Waals surface area (Å²) in [5.41, 5.74) is 0. The molecule has 5 rings (SSSR count). The van der Waals surface area contributed by atoms with Crippen molar-refractivity contribution in [2.24, 2.45) is 0 Å². The van der Waals surface area contributed by atoms with E-state index in [1.807, 2.05) is 15.7 Å². The van der Waals surface area contributed by atoms with Crippen molar-refractivity contribution in [2.45, 2.75) is 31.8 Å². The quantitative estimate of drug-likeness (QED) is 0.735. The zero-order chi connectivity index (χ0) is 19.6. The van der Waals surface area contributed by atoms with Crippen LogP contribution in [0.5, 0.6) is 0 Å². The summed E-state index contributed by atoms with van der Waals surface area (Å²) in [6.45, 7) is 5.34. The highest BCUT2D eigenvalue weighted by molar-refractivity contribution is 5.81. The largest absolute Gasteiger partial charge is 0.368 e. The summed E-state index contributed by atoms with van der Waals surface area (Å²) in [5, 5.41) is 0. The monoisotopic (exact) mass is 398 g/mol. The van der Waals surface area contributed by atoms with Crippen molar-refractivity contribution < 1.29 is 9.53 Å². The summed E-state index contributed by atoms with van der Waals surface area (Å²) in [4.78, 5) is 37.1. The van der Waals surface area contributed by atoms with Gasteiger partial charge in [-0.1, -0.05) is 0 Å². The topological polar surface area (TPSA) is 92.5 Å². The highest BCUT2D eigenvalue weighted by Gasteiger charge is 2.31. The Balaban J connectivity index is 1.34. The zero-order valence-electron chi connectivity index (χ0n) is 16.5. The highest BCUT2D eigenvalue weighted by atomic mass is 16.5. The highest BCUT2D eigenvalue weighted by Crippen LogP contribution is 2.22. The number of amides is 1. The van der Waals surface area contributed by atoms with Gasteiger partial charge in [0.05, 0.1) is 0 Å². The summed E-state index contributed by atoms with van der Waals surface area (Å²) in [5.74, 6) is 2.07. The molecule has 2 aromatic heterocycles. The van der Waals surface area contributed by atoms with Gasteiger partial charge in [0.1, 0.15) is 12.4 Å². The van der Waals surface area contributed by atoms with Crippen molar-refractivity contribution in [1.82, 2.24) is 29.4 Å². The Morgan fingerprint density at radius 3 is 2.21 bits per heavy atom. The van der Waals surface area contributed by atoms with Crippen LogP contribution in [0.25, 0.3) is 5.95 Å². The molecule has 0 radical (unpaired) electrons. The molecule has 1 amide bonds. The molecular weight excluding hydrogens is 372 g/mol. The number of anilines is 2. The van der Waals surface area contributed by atoms with Crippen LogP contribution in [-0.2, 0) is 9.53 Å². The molecule has 0 unspecified atom stereocenters. The lowest BCUT2D eigenvalue weighted by Crippen LogP contribution is -2.52. The third-order valence-electron chi connectivity index (χ3n) is 5.80. The predicted molar refractivity (Wildman–Crippen MR) is 106 cm³/mol. The average molecular weight is 398 g/mol. The van der Waals surface area contributed by atoms with Gasteiger partial charge in [-0.15, -0.1) is 0 Å². The number of ether oxygens (including phenoxy) is 1. The minimum atomic E-state index is -0.256. The molecule has 3 fully saturated rings. The number of nitrogens with zero attached hydrogens (tertiary/aromatic N) is 8. The van der Waals surface area contributed by atoms with E-state index in [-0.39, 0.29) is 12.0 Å². The van der Waals surface area contributed by atoms with Gasteiger partial charge in [-0.05, 0) is 25.7 Å². The molecule has 154 valence electrons. The second kappa shape index (κ2) is 7.94. The van der Waals surface area contributed by atoms with E-state index in [1.165, 1.54) is 0 Å². The maximum atomic E-state index is 12.6. The minimum absolute atomic E-state index is 0.120. The lowest BCUT2D eigenvalue weighted by Gasteiger charge is -2.36. The normalized spacial score (nSPS) is 22.5. The number of carbonyl (C=O) groups is 1. The molecule has 0 aromatic carbocycles. The first-order valence-electron chi connectivity index (χ1n) is 10.4. The number of hydrogen-bond donors (Lipinski definition) is 0. The van der Waals surface area contributed by atoms with E-state index in [1.54, 1.807) is 12.5 Å². The van der Waals surface area contributed by atoms with E-state index in [0.29, 0.717) is 50.6 Å². The van der Waals surface area contributed by atoms with Crippen LogP contribution in [-0.4, -0.2) is 87.3 Å². The van der Waals surface area contributed by atoms with Crippen molar-refractivity contribution in [2.75, 3.05) is 55.7 Å². The molecule has 5 heterocycles. The Hall–Kier alpha value is -2.75. The molecule has 2 aromatic rings.